The molecule has 2 rings (SSSR count). The lowest BCUT2D eigenvalue weighted by Crippen LogP contribution is -2.15. The summed E-state index contributed by atoms with van der Waals surface area (Å²) in [5.41, 5.74) is 1.87. The van der Waals surface area contributed by atoms with Crippen molar-refractivity contribution in [1.29, 1.82) is 0 Å². The van der Waals surface area contributed by atoms with Crippen LogP contribution in [0.3, 0.4) is 0 Å². The lowest BCUT2D eigenvalue weighted by Gasteiger charge is -2.09. The third-order valence-corrected chi connectivity index (χ3v) is 5.01. The van der Waals surface area contributed by atoms with Crippen LogP contribution in [0.5, 0.6) is 5.88 Å². The van der Waals surface area contributed by atoms with Crippen molar-refractivity contribution in [2.45, 2.75) is 6.92 Å². The van der Waals surface area contributed by atoms with Gasteiger partial charge in [0.05, 0.1) is 30.0 Å². The number of benzene rings is 1. The highest BCUT2D eigenvalue weighted by atomic mass is 33.1. The van der Waals surface area contributed by atoms with Gasteiger partial charge in [0.2, 0.25) is 5.88 Å². The first-order valence-electron chi connectivity index (χ1n) is 6.97. The van der Waals surface area contributed by atoms with Gasteiger partial charge in [0.1, 0.15) is 0 Å². The summed E-state index contributed by atoms with van der Waals surface area (Å²) in [6.45, 7) is 2.72. The Morgan fingerprint density at radius 2 is 1.83 bits per heavy atom. The molecule has 0 unspecified atom stereocenters. The first-order chi connectivity index (χ1) is 11.2. The molecule has 0 amide bonds. The van der Waals surface area contributed by atoms with Gasteiger partial charge in [-0.2, -0.15) is 5.10 Å². The molecule has 0 atom stereocenters. The van der Waals surface area contributed by atoms with E-state index >= 15 is 0 Å². The third kappa shape index (κ3) is 6.42. The Morgan fingerprint density at radius 3 is 2.52 bits per heavy atom. The highest BCUT2D eigenvalue weighted by Crippen LogP contribution is 2.22. The number of rotatable bonds is 10. The van der Waals surface area contributed by atoms with Gasteiger partial charge in [-0.3, -0.25) is 10.4 Å². The van der Waals surface area contributed by atoms with E-state index < -0.39 is 0 Å². The molecule has 2 aromatic rings. The molecule has 1 heterocycles. The van der Waals surface area contributed by atoms with Crippen LogP contribution in [0.4, 0.5) is 0 Å². The van der Waals surface area contributed by atoms with Crippen LogP contribution in [0.25, 0.3) is 5.69 Å². The van der Waals surface area contributed by atoms with E-state index in [1.165, 1.54) is 0 Å². The maximum atomic E-state index is 8.36. The molecule has 0 bridgehead atoms. The van der Waals surface area contributed by atoms with Crippen molar-refractivity contribution in [3.8, 4) is 11.6 Å². The standard InChI is InChI=1S/C14H19N3O4S2/c1-12-11-14(16(15-12)13-5-3-2-4-6-13)20-7-9-22-23-10-8-21-17(18)19/h2-6,11,18-19H,7-10H2,1H3. The number of hydrogen-bond donors (Lipinski definition) is 2. The number of aryl methyl sites for hydroxylation is 1. The minimum absolute atomic E-state index is 0.228. The largest absolute Gasteiger partial charge is 0.477 e. The Hall–Kier alpha value is -1.23. The molecule has 23 heavy (non-hydrogen) atoms. The second kappa shape index (κ2) is 9.81. The second-order valence-corrected chi connectivity index (χ2v) is 7.15. The van der Waals surface area contributed by atoms with Gasteiger partial charge in [-0.15, -0.1) is 0 Å². The molecule has 1 aromatic heterocycles. The summed E-state index contributed by atoms with van der Waals surface area (Å²) >= 11 is 0. The molecule has 2 N–H and O–H groups in total. The van der Waals surface area contributed by atoms with Crippen LogP contribution >= 0.6 is 21.6 Å². The molecule has 126 valence electrons. The van der Waals surface area contributed by atoms with Gasteiger partial charge in [-0.1, -0.05) is 39.8 Å². The predicted molar refractivity (Wildman–Crippen MR) is 90.1 cm³/mol. The fourth-order valence-electron chi connectivity index (χ4n) is 1.78. The van der Waals surface area contributed by atoms with E-state index in [0.717, 1.165) is 23.0 Å². The monoisotopic (exact) mass is 357 g/mol. The number of hydrogen-bond acceptors (Lipinski definition) is 8. The SMILES string of the molecule is Cc1cc(OCCSSCCON(O)O)n(-c2ccccc2)n1. The zero-order chi connectivity index (χ0) is 16.5. The van der Waals surface area contributed by atoms with Crippen LogP contribution < -0.4 is 4.74 Å². The fraction of sp³-hybridized carbons (Fsp3) is 0.357. The summed E-state index contributed by atoms with van der Waals surface area (Å²) in [6.07, 6.45) is 0. The Bertz CT molecular complexity index is 581. The van der Waals surface area contributed by atoms with Gasteiger partial charge in [-0.25, -0.2) is 9.52 Å². The van der Waals surface area contributed by atoms with Crippen molar-refractivity contribution in [3.05, 3.63) is 42.1 Å². The van der Waals surface area contributed by atoms with E-state index in [2.05, 4.69) is 9.94 Å². The highest BCUT2D eigenvalue weighted by Gasteiger charge is 2.08. The van der Waals surface area contributed by atoms with Crippen molar-refractivity contribution in [3.63, 3.8) is 0 Å². The summed E-state index contributed by atoms with van der Waals surface area (Å²) in [4.78, 5) is 4.45. The van der Waals surface area contributed by atoms with E-state index in [1.54, 1.807) is 26.3 Å². The zero-order valence-electron chi connectivity index (χ0n) is 12.7. The summed E-state index contributed by atoms with van der Waals surface area (Å²) in [5.74, 6) is 2.16. The second-order valence-electron chi connectivity index (χ2n) is 4.45. The fourth-order valence-corrected chi connectivity index (χ4v) is 3.43. The van der Waals surface area contributed by atoms with Gasteiger partial charge in [0.25, 0.3) is 0 Å². The maximum absolute atomic E-state index is 8.36. The minimum atomic E-state index is -0.276. The van der Waals surface area contributed by atoms with Crippen LogP contribution in [0.2, 0.25) is 0 Å². The van der Waals surface area contributed by atoms with E-state index in [4.69, 9.17) is 15.2 Å². The van der Waals surface area contributed by atoms with Gasteiger partial charge < -0.3 is 4.74 Å². The van der Waals surface area contributed by atoms with Gasteiger partial charge in [-0.05, 0) is 19.1 Å². The van der Waals surface area contributed by atoms with Crippen molar-refractivity contribution in [1.82, 2.24) is 15.2 Å². The van der Waals surface area contributed by atoms with Crippen molar-refractivity contribution in [2.24, 2.45) is 0 Å². The Kier molecular flexibility index (Phi) is 7.72. The Morgan fingerprint density at radius 1 is 1.13 bits per heavy atom. The van der Waals surface area contributed by atoms with Crippen LogP contribution in [-0.4, -0.2) is 50.3 Å². The molecular formula is C14H19N3O4S2. The topological polar surface area (TPSA) is 80.0 Å². The molecule has 0 fully saturated rings. The molecule has 7 nitrogen and oxygen atoms in total. The molecule has 0 saturated carbocycles. The average Bonchev–Trinajstić information content (AvgIpc) is 2.91. The molecule has 0 saturated heterocycles. The smallest absolute Gasteiger partial charge is 0.216 e. The van der Waals surface area contributed by atoms with Gasteiger partial charge >= 0.3 is 0 Å². The van der Waals surface area contributed by atoms with Crippen molar-refractivity contribution in [2.75, 3.05) is 24.7 Å². The van der Waals surface area contributed by atoms with Crippen LogP contribution in [-0.2, 0) is 4.84 Å². The molecule has 9 heteroatoms. The summed E-state index contributed by atoms with van der Waals surface area (Å²) in [7, 11) is 3.21. The minimum Gasteiger partial charge on any atom is -0.477 e. The first-order valence-corrected chi connectivity index (χ1v) is 9.45. The normalized spacial score (nSPS) is 11.1. The summed E-state index contributed by atoms with van der Waals surface area (Å²) in [6, 6.07) is 11.8. The van der Waals surface area contributed by atoms with Gasteiger partial charge in [0.15, 0.2) is 0 Å². The predicted octanol–water partition coefficient (Wildman–Crippen LogP) is 2.95. The van der Waals surface area contributed by atoms with Crippen LogP contribution in [0.15, 0.2) is 36.4 Å². The number of nitrogens with zero attached hydrogens (tertiary/aromatic N) is 3. The van der Waals surface area contributed by atoms with Crippen molar-refractivity contribution >= 4 is 21.6 Å². The zero-order valence-corrected chi connectivity index (χ0v) is 14.3. The Balaban J connectivity index is 1.72. The summed E-state index contributed by atoms with van der Waals surface area (Å²) < 4.78 is 7.59. The molecular weight excluding hydrogens is 338 g/mol. The maximum Gasteiger partial charge on any atom is 0.216 e. The number of ether oxygens (including phenoxy) is 1. The van der Waals surface area contributed by atoms with Crippen LogP contribution in [0, 0.1) is 6.92 Å². The molecule has 0 aliphatic rings. The lowest BCUT2D eigenvalue weighted by atomic mass is 10.3. The number of aromatic nitrogens is 2. The lowest BCUT2D eigenvalue weighted by molar-refractivity contribution is -0.490. The Labute approximate surface area is 142 Å². The summed E-state index contributed by atoms with van der Waals surface area (Å²) in [5, 5.41) is 20.9. The van der Waals surface area contributed by atoms with Gasteiger partial charge in [0, 0.05) is 17.6 Å². The van der Waals surface area contributed by atoms with E-state index in [1.807, 2.05) is 43.3 Å². The molecule has 1 aromatic carbocycles. The van der Waals surface area contributed by atoms with E-state index in [9.17, 15) is 0 Å². The molecule has 0 spiro atoms. The van der Waals surface area contributed by atoms with E-state index in [0.29, 0.717) is 12.4 Å². The highest BCUT2D eigenvalue weighted by molar-refractivity contribution is 8.76. The molecule has 0 aliphatic carbocycles. The molecule has 0 radical (unpaired) electrons. The molecule has 0 aliphatic heterocycles. The third-order valence-electron chi connectivity index (χ3n) is 2.67. The average molecular weight is 357 g/mol. The number of para-hydroxylation sites is 1. The van der Waals surface area contributed by atoms with Crippen molar-refractivity contribution < 1.29 is 20.0 Å². The quantitative estimate of drug-likeness (QED) is 0.382. The first kappa shape index (κ1) is 18.1. The van der Waals surface area contributed by atoms with Crippen LogP contribution in [0.1, 0.15) is 5.69 Å². The van der Waals surface area contributed by atoms with E-state index in [-0.39, 0.29) is 12.0 Å².